The van der Waals surface area contributed by atoms with Crippen molar-refractivity contribution in [2.24, 2.45) is 0 Å². The standard InChI is InChI=1S/C33H31N7O3/c1-43-33(42)40(25-13-6-3-7-14-25)37-31(41)29-26-15-8-9-16-28(26)36-30(24-11-4-2-5-12-24)27(29)23-38-19-21-39(22-20-38)32-34-17-10-18-35-32/h2-18H,19-23H2,1H3,(H,37,41). The second-order valence-corrected chi connectivity index (χ2v) is 10.1. The van der Waals surface area contributed by atoms with Crippen LogP contribution in [-0.2, 0) is 11.3 Å². The van der Waals surface area contributed by atoms with Crippen LogP contribution in [-0.4, -0.2) is 65.1 Å². The van der Waals surface area contributed by atoms with Crippen molar-refractivity contribution in [1.29, 1.82) is 0 Å². The maximum absolute atomic E-state index is 14.3. The van der Waals surface area contributed by atoms with Crippen LogP contribution in [0.15, 0.2) is 103 Å². The fourth-order valence-corrected chi connectivity index (χ4v) is 5.33. The number of benzene rings is 3. The minimum atomic E-state index is -0.706. The van der Waals surface area contributed by atoms with Crippen LogP contribution in [0.1, 0.15) is 15.9 Å². The first-order valence-corrected chi connectivity index (χ1v) is 14.1. The average Bonchev–Trinajstić information content (AvgIpc) is 3.08. The van der Waals surface area contributed by atoms with Gasteiger partial charge >= 0.3 is 6.09 Å². The Kier molecular flexibility index (Phi) is 8.19. The lowest BCUT2D eigenvalue weighted by atomic mass is 9.95. The predicted molar refractivity (Wildman–Crippen MR) is 165 cm³/mol. The van der Waals surface area contributed by atoms with E-state index in [1.54, 1.807) is 36.7 Å². The van der Waals surface area contributed by atoms with Gasteiger partial charge in [-0.3, -0.25) is 15.1 Å². The highest BCUT2D eigenvalue weighted by Crippen LogP contribution is 2.32. The summed E-state index contributed by atoms with van der Waals surface area (Å²) in [5.74, 6) is 0.278. The van der Waals surface area contributed by atoms with E-state index in [-0.39, 0.29) is 0 Å². The molecular weight excluding hydrogens is 542 g/mol. The third-order valence-electron chi connectivity index (χ3n) is 7.44. The SMILES string of the molecule is COC(=O)N(NC(=O)c1c(CN2CCN(c3ncccn3)CC2)c(-c2ccccc2)nc2ccccc12)c1ccccc1. The van der Waals surface area contributed by atoms with Gasteiger partial charge in [-0.25, -0.2) is 19.7 Å². The van der Waals surface area contributed by atoms with Crippen molar-refractivity contribution in [2.75, 3.05) is 43.2 Å². The molecule has 10 nitrogen and oxygen atoms in total. The summed E-state index contributed by atoms with van der Waals surface area (Å²) in [7, 11) is 1.28. The summed E-state index contributed by atoms with van der Waals surface area (Å²) < 4.78 is 5.02. The minimum absolute atomic E-state index is 0.434. The average molecular weight is 574 g/mol. The van der Waals surface area contributed by atoms with Crippen LogP contribution < -0.4 is 15.3 Å². The van der Waals surface area contributed by atoms with E-state index in [0.29, 0.717) is 34.6 Å². The van der Waals surface area contributed by atoms with Crippen LogP contribution in [0, 0.1) is 0 Å². The number of piperazine rings is 1. The Labute approximate surface area is 249 Å². The van der Waals surface area contributed by atoms with Gasteiger partial charge in [0.1, 0.15) is 0 Å². The molecule has 43 heavy (non-hydrogen) atoms. The number of anilines is 2. The Morgan fingerprint density at radius 2 is 1.49 bits per heavy atom. The summed E-state index contributed by atoms with van der Waals surface area (Å²) in [6, 6.07) is 28.1. The number of amides is 2. The molecule has 0 unspecified atom stereocenters. The van der Waals surface area contributed by atoms with Crippen LogP contribution >= 0.6 is 0 Å². The zero-order valence-electron chi connectivity index (χ0n) is 23.8. The molecule has 2 aromatic heterocycles. The Hall–Kier alpha value is -5.35. The summed E-state index contributed by atoms with van der Waals surface area (Å²) in [6.07, 6.45) is 2.79. The molecule has 216 valence electrons. The zero-order chi connectivity index (χ0) is 29.6. The first kappa shape index (κ1) is 27.8. The molecule has 1 aliphatic heterocycles. The van der Waals surface area contributed by atoms with Gasteiger partial charge in [-0.05, 0) is 24.3 Å². The third-order valence-corrected chi connectivity index (χ3v) is 7.44. The van der Waals surface area contributed by atoms with Crippen LogP contribution in [0.3, 0.4) is 0 Å². The topological polar surface area (TPSA) is 104 Å². The van der Waals surface area contributed by atoms with E-state index in [0.717, 1.165) is 48.0 Å². The predicted octanol–water partition coefficient (Wildman–Crippen LogP) is 4.93. The van der Waals surface area contributed by atoms with Crippen molar-refractivity contribution >= 4 is 34.5 Å². The lowest BCUT2D eigenvalue weighted by Gasteiger charge is -2.35. The molecule has 1 fully saturated rings. The van der Waals surface area contributed by atoms with Crippen LogP contribution in [0.2, 0.25) is 0 Å². The number of pyridine rings is 1. The number of para-hydroxylation sites is 2. The van der Waals surface area contributed by atoms with E-state index in [1.807, 2.05) is 66.7 Å². The van der Waals surface area contributed by atoms with E-state index < -0.39 is 12.0 Å². The second kappa shape index (κ2) is 12.7. The molecular formula is C33H31N7O3. The maximum Gasteiger partial charge on any atom is 0.433 e. The normalized spacial score (nSPS) is 13.5. The van der Waals surface area contributed by atoms with E-state index in [9.17, 15) is 9.59 Å². The molecule has 0 radical (unpaired) electrons. The molecule has 2 amide bonds. The third kappa shape index (κ3) is 6.00. The fraction of sp³-hybridized carbons (Fsp3) is 0.182. The highest BCUT2D eigenvalue weighted by molar-refractivity contribution is 6.10. The van der Waals surface area contributed by atoms with Crippen molar-refractivity contribution in [1.82, 2.24) is 25.3 Å². The number of carbonyl (C=O) groups is 2. The van der Waals surface area contributed by atoms with Crippen molar-refractivity contribution in [3.05, 3.63) is 115 Å². The Bertz CT molecular complexity index is 1710. The van der Waals surface area contributed by atoms with E-state index >= 15 is 0 Å². The number of carbonyl (C=O) groups excluding carboxylic acids is 2. The summed E-state index contributed by atoms with van der Waals surface area (Å²) >= 11 is 0. The second-order valence-electron chi connectivity index (χ2n) is 10.1. The molecule has 1 N–H and O–H groups in total. The number of hydrazine groups is 1. The molecule has 0 aliphatic carbocycles. The Morgan fingerprint density at radius 1 is 0.837 bits per heavy atom. The quantitative estimate of drug-likeness (QED) is 0.285. The molecule has 0 saturated carbocycles. The largest absolute Gasteiger partial charge is 0.451 e. The van der Waals surface area contributed by atoms with Gasteiger partial charge in [-0.15, -0.1) is 0 Å². The van der Waals surface area contributed by atoms with Gasteiger partial charge in [-0.1, -0.05) is 66.7 Å². The van der Waals surface area contributed by atoms with Gasteiger partial charge in [0.05, 0.1) is 29.6 Å². The number of hydrogen-bond acceptors (Lipinski definition) is 8. The molecule has 0 atom stereocenters. The molecule has 3 aromatic carbocycles. The van der Waals surface area contributed by atoms with Crippen molar-refractivity contribution < 1.29 is 14.3 Å². The molecule has 0 bridgehead atoms. The number of ether oxygens (including phenoxy) is 1. The first-order valence-electron chi connectivity index (χ1n) is 14.1. The summed E-state index contributed by atoms with van der Waals surface area (Å²) in [4.78, 5) is 45.5. The number of aromatic nitrogens is 3. The number of fused-ring (bicyclic) bond motifs is 1. The van der Waals surface area contributed by atoms with Gasteiger partial charge in [0.15, 0.2) is 0 Å². The zero-order valence-corrected chi connectivity index (χ0v) is 23.8. The van der Waals surface area contributed by atoms with Crippen LogP contribution in [0.25, 0.3) is 22.2 Å². The monoisotopic (exact) mass is 573 g/mol. The maximum atomic E-state index is 14.3. The first-order chi connectivity index (χ1) is 21.1. The molecule has 10 heteroatoms. The van der Waals surface area contributed by atoms with Gasteiger partial charge in [0, 0.05) is 61.6 Å². The van der Waals surface area contributed by atoms with Crippen molar-refractivity contribution in [2.45, 2.75) is 6.54 Å². The number of hydrogen-bond donors (Lipinski definition) is 1. The number of methoxy groups -OCH3 is 1. The lowest BCUT2D eigenvalue weighted by Crippen LogP contribution is -2.48. The molecule has 5 aromatic rings. The van der Waals surface area contributed by atoms with Crippen LogP contribution in [0.5, 0.6) is 0 Å². The van der Waals surface area contributed by atoms with Gasteiger partial charge < -0.3 is 9.64 Å². The molecule has 1 aliphatic rings. The minimum Gasteiger partial charge on any atom is -0.451 e. The van der Waals surface area contributed by atoms with E-state index in [1.165, 1.54) is 7.11 Å². The smallest absolute Gasteiger partial charge is 0.433 e. The van der Waals surface area contributed by atoms with E-state index in [2.05, 4.69) is 25.2 Å². The van der Waals surface area contributed by atoms with Crippen LogP contribution in [0.4, 0.5) is 16.4 Å². The summed E-state index contributed by atoms with van der Waals surface area (Å²) in [5, 5.41) is 1.83. The van der Waals surface area contributed by atoms with Gasteiger partial charge in [0.2, 0.25) is 5.95 Å². The van der Waals surface area contributed by atoms with Gasteiger partial charge in [0.25, 0.3) is 5.91 Å². The number of nitrogens with one attached hydrogen (secondary N) is 1. The molecule has 0 spiro atoms. The molecule has 6 rings (SSSR count). The highest BCUT2D eigenvalue weighted by atomic mass is 16.5. The van der Waals surface area contributed by atoms with Crippen molar-refractivity contribution in [3.63, 3.8) is 0 Å². The van der Waals surface area contributed by atoms with E-state index in [4.69, 9.17) is 9.72 Å². The fourth-order valence-electron chi connectivity index (χ4n) is 5.33. The Balaban J connectivity index is 1.41. The van der Waals surface area contributed by atoms with Gasteiger partial charge in [-0.2, -0.15) is 5.01 Å². The lowest BCUT2D eigenvalue weighted by molar-refractivity contribution is 0.0940. The number of rotatable bonds is 6. The highest BCUT2D eigenvalue weighted by Gasteiger charge is 2.28. The summed E-state index contributed by atoms with van der Waals surface area (Å²) in [6.45, 7) is 3.48. The summed E-state index contributed by atoms with van der Waals surface area (Å²) in [5.41, 5.74) is 6.86. The number of nitrogens with zero attached hydrogens (tertiary/aromatic N) is 6. The molecule has 1 saturated heterocycles. The Morgan fingerprint density at radius 3 is 2.19 bits per heavy atom. The molecule has 3 heterocycles. The van der Waals surface area contributed by atoms with Crippen molar-refractivity contribution in [3.8, 4) is 11.3 Å².